The van der Waals surface area contributed by atoms with Gasteiger partial charge in [-0.15, -0.1) is 0 Å². The number of hydrogen-bond donors (Lipinski definition) is 2. The number of hydrogen-bond acceptors (Lipinski definition) is 5. The largest absolute Gasteiger partial charge is 0.447 e. The molecule has 0 aliphatic rings. The van der Waals surface area contributed by atoms with Gasteiger partial charge in [0.2, 0.25) is 0 Å². The van der Waals surface area contributed by atoms with E-state index in [4.69, 9.17) is 14.9 Å². The van der Waals surface area contributed by atoms with Crippen LogP contribution in [0, 0.1) is 0 Å². The second kappa shape index (κ2) is 7.78. The molecular formula is C7H15NO5. The SMILES string of the molecule is CCOCCOC(=O)N(CO)CO. The molecule has 6 nitrogen and oxygen atoms in total. The van der Waals surface area contributed by atoms with Gasteiger partial charge in [-0.3, -0.25) is 4.90 Å². The first-order valence-electron chi connectivity index (χ1n) is 3.97. The summed E-state index contributed by atoms with van der Waals surface area (Å²) in [6, 6.07) is 0. The molecule has 6 heteroatoms. The fourth-order valence-electron chi connectivity index (χ4n) is 0.584. The van der Waals surface area contributed by atoms with E-state index in [9.17, 15) is 4.79 Å². The number of rotatable bonds is 6. The number of carbonyl (C=O) groups excluding carboxylic acids is 1. The number of carbonyl (C=O) groups is 1. The van der Waals surface area contributed by atoms with Crippen molar-refractivity contribution in [2.24, 2.45) is 0 Å². The lowest BCUT2D eigenvalue weighted by Gasteiger charge is -2.15. The molecule has 0 rings (SSSR count). The van der Waals surface area contributed by atoms with Crippen molar-refractivity contribution in [1.82, 2.24) is 4.90 Å². The summed E-state index contributed by atoms with van der Waals surface area (Å²) in [5.41, 5.74) is 0. The van der Waals surface area contributed by atoms with Crippen molar-refractivity contribution < 1.29 is 24.5 Å². The Hall–Kier alpha value is -0.850. The molecule has 1 amide bonds. The molecule has 0 saturated carbocycles. The fraction of sp³-hybridized carbons (Fsp3) is 0.857. The van der Waals surface area contributed by atoms with Gasteiger partial charge >= 0.3 is 6.09 Å². The highest BCUT2D eigenvalue weighted by Crippen LogP contribution is 1.90. The number of aliphatic hydroxyl groups is 2. The highest BCUT2D eigenvalue weighted by molar-refractivity contribution is 5.67. The number of amides is 1. The third-order valence-electron chi connectivity index (χ3n) is 1.26. The third kappa shape index (κ3) is 5.40. The van der Waals surface area contributed by atoms with E-state index < -0.39 is 19.6 Å². The zero-order chi connectivity index (χ0) is 10.1. The third-order valence-corrected chi connectivity index (χ3v) is 1.26. The highest BCUT2D eigenvalue weighted by atomic mass is 16.6. The average Bonchev–Trinajstić information content (AvgIpc) is 2.14. The van der Waals surface area contributed by atoms with Crippen LogP contribution in [0.2, 0.25) is 0 Å². The Morgan fingerprint density at radius 1 is 1.31 bits per heavy atom. The van der Waals surface area contributed by atoms with E-state index in [0.29, 0.717) is 13.2 Å². The van der Waals surface area contributed by atoms with Crippen molar-refractivity contribution in [1.29, 1.82) is 0 Å². The molecule has 0 aromatic rings. The van der Waals surface area contributed by atoms with Crippen molar-refractivity contribution in [3.8, 4) is 0 Å². The lowest BCUT2D eigenvalue weighted by atomic mass is 10.7. The van der Waals surface area contributed by atoms with Gasteiger partial charge in [-0.25, -0.2) is 4.79 Å². The lowest BCUT2D eigenvalue weighted by Crippen LogP contribution is -2.33. The summed E-state index contributed by atoms with van der Waals surface area (Å²) in [4.78, 5) is 11.6. The quantitative estimate of drug-likeness (QED) is 0.433. The minimum absolute atomic E-state index is 0.114. The summed E-state index contributed by atoms with van der Waals surface area (Å²) in [6.07, 6.45) is -0.760. The predicted molar refractivity (Wildman–Crippen MR) is 43.9 cm³/mol. The van der Waals surface area contributed by atoms with Crippen LogP contribution in [-0.2, 0) is 9.47 Å². The van der Waals surface area contributed by atoms with Crippen molar-refractivity contribution in [2.45, 2.75) is 6.92 Å². The summed E-state index contributed by atoms with van der Waals surface area (Å²) in [5.74, 6) is 0. The lowest BCUT2D eigenvalue weighted by molar-refractivity contribution is 0.00682. The Labute approximate surface area is 76.7 Å². The van der Waals surface area contributed by atoms with Gasteiger partial charge in [0.05, 0.1) is 6.61 Å². The second-order valence-corrected chi connectivity index (χ2v) is 2.13. The summed E-state index contributed by atoms with van der Waals surface area (Å²) in [5, 5.41) is 17.1. The van der Waals surface area contributed by atoms with Crippen LogP contribution < -0.4 is 0 Å². The van der Waals surface area contributed by atoms with Crippen molar-refractivity contribution in [3.05, 3.63) is 0 Å². The van der Waals surface area contributed by atoms with E-state index in [0.717, 1.165) is 4.90 Å². The van der Waals surface area contributed by atoms with Gasteiger partial charge in [0.25, 0.3) is 0 Å². The number of aliphatic hydroxyl groups excluding tert-OH is 2. The zero-order valence-electron chi connectivity index (χ0n) is 7.60. The monoisotopic (exact) mass is 193 g/mol. The molecule has 0 aliphatic heterocycles. The maximum absolute atomic E-state index is 10.9. The van der Waals surface area contributed by atoms with Gasteiger partial charge in [-0.05, 0) is 6.92 Å². The molecule has 13 heavy (non-hydrogen) atoms. The molecule has 0 fully saturated rings. The van der Waals surface area contributed by atoms with E-state index in [2.05, 4.69) is 4.74 Å². The van der Waals surface area contributed by atoms with Crippen LogP contribution >= 0.6 is 0 Å². The van der Waals surface area contributed by atoms with Gasteiger partial charge in [0.1, 0.15) is 20.1 Å². The Bertz CT molecular complexity index is 137. The molecule has 2 N–H and O–H groups in total. The molecule has 0 aromatic heterocycles. The number of nitrogens with zero attached hydrogens (tertiary/aromatic N) is 1. The van der Waals surface area contributed by atoms with Crippen LogP contribution in [0.1, 0.15) is 6.92 Å². The first-order chi connectivity index (χ1) is 6.26. The van der Waals surface area contributed by atoms with E-state index >= 15 is 0 Å². The van der Waals surface area contributed by atoms with Crippen molar-refractivity contribution in [3.63, 3.8) is 0 Å². The summed E-state index contributed by atoms with van der Waals surface area (Å²) < 4.78 is 9.54. The fourth-order valence-corrected chi connectivity index (χ4v) is 0.584. The topological polar surface area (TPSA) is 79.2 Å². The zero-order valence-corrected chi connectivity index (χ0v) is 7.60. The molecule has 0 radical (unpaired) electrons. The van der Waals surface area contributed by atoms with Crippen molar-refractivity contribution in [2.75, 3.05) is 33.3 Å². The molecule has 0 bridgehead atoms. The van der Waals surface area contributed by atoms with E-state index in [1.165, 1.54) is 0 Å². The summed E-state index contributed by atoms with van der Waals surface area (Å²) in [6.45, 7) is 1.68. The van der Waals surface area contributed by atoms with E-state index in [1.54, 1.807) is 0 Å². The van der Waals surface area contributed by atoms with E-state index in [1.807, 2.05) is 6.92 Å². The standard InChI is InChI=1S/C7H15NO5/c1-2-12-3-4-13-7(11)8(5-9)6-10/h9-10H,2-6H2,1H3. The predicted octanol–water partition coefficient (Wildman–Crippen LogP) is -0.639. The Balaban J connectivity index is 3.48. The minimum atomic E-state index is -0.760. The van der Waals surface area contributed by atoms with Crippen LogP contribution in [0.4, 0.5) is 4.79 Å². The molecule has 0 aliphatic carbocycles. The molecular weight excluding hydrogens is 178 g/mol. The molecule has 0 heterocycles. The second-order valence-electron chi connectivity index (χ2n) is 2.13. The van der Waals surface area contributed by atoms with Crippen LogP contribution in [0.3, 0.4) is 0 Å². The molecule has 0 spiro atoms. The first-order valence-corrected chi connectivity index (χ1v) is 3.97. The van der Waals surface area contributed by atoms with Gasteiger partial charge in [-0.2, -0.15) is 0 Å². The smallest absolute Gasteiger partial charge is 0.413 e. The van der Waals surface area contributed by atoms with Crippen LogP contribution in [-0.4, -0.2) is 54.5 Å². The summed E-state index contributed by atoms with van der Waals surface area (Å²) in [7, 11) is 0. The summed E-state index contributed by atoms with van der Waals surface area (Å²) >= 11 is 0. The van der Waals surface area contributed by atoms with Crippen LogP contribution in [0.5, 0.6) is 0 Å². The number of ether oxygens (including phenoxy) is 2. The molecule has 0 unspecified atom stereocenters. The van der Waals surface area contributed by atoms with Crippen LogP contribution in [0.25, 0.3) is 0 Å². The average molecular weight is 193 g/mol. The highest BCUT2D eigenvalue weighted by Gasteiger charge is 2.11. The molecule has 0 atom stereocenters. The van der Waals surface area contributed by atoms with Gasteiger partial charge in [0, 0.05) is 6.61 Å². The van der Waals surface area contributed by atoms with Crippen molar-refractivity contribution >= 4 is 6.09 Å². The Kier molecular flexibility index (Phi) is 7.27. The normalized spacial score (nSPS) is 9.77. The molecule has 78 valence electrons. The van der Waals surface area contributed by atoms with Gasteiger partial charge in [-0.1, -0.05) is 0 Å². The van der Waals surface area contributed by atoms with Crippen LogP contribution in [0.15, 0.2) is 0 Å². The first kappa shape index (κ1) is 12.2. The Morgan fingerprint density at radius 3 is 2.38 bits per heavy atom. The molecule has 0 saturated heterocycles. The van der Waals surface area contributed by atoms with Gasteiger partial charge in [0.15, 0.2) is 0 Å². The maximum atomic E-state index is 10.9. The minimum Gasteiger partial charge on any atom is -0.447 e. The maximum Gasteiger partial charge on any atom is 0.413 e. The molecule has 0 aromatic carbocycles. The van der Waals surface area contributed by atoms with E-state index in [-0.39, 0.29) is 6.61 Å². The van der Waals surface area contributed by atoms with Gasteiger partial charge < -0.3 is 19.7 Å². The Morgan fingerprint density at radius 2 is 1.92 bits per heavy atom.